The zero-order chi connectivity index (χ0) is 11.9. The molecule has 0 fully saturated rings. The molecule has 3 N–H and O–H groups in total. The maximum atomic E-state index is 11.5. The van der Waals surface area contributed by atoms with Crippen LogP contribution in [0.5, 0.6) is 0 Å². The predicted octanol–water partition coefficient (Wildman–Crippen LogP) is 0.780. The Balaban J connectivity index is 2.56. The number of carbonyl (C=O) groups excluding carboxylic acids is 1. The van der Waals surface area contributed by atoms with E-state index in [2.05, 4.69) is 5.32 Å². The van der Waals surface area contributed by atoms with E-state index in [1.807, 2.05) is 6.92 Å². The van der Waals surface area contributed by atoms with Crippen molar-refractivity contribution in [1.29, 1.82) is 0 Å². The van der Waals surface area contributed by atoms with Crippen molar-refractivity contribution >= 4 is 21.6 Å². The molecule has 16 heavy (non-hydrogen) atoms. The van der Waals surface area contributed by atoms with Crippen LogP contribution in [0.1, 0.15) is 24.8 Å². The van der Waals surface area contributed by atoms with Crippen LogP contribution in [0.4, 0.5) is 5.69 Å². The standard InChI is InChI=1S/C10H12N2O3S/c1-2-7-8-5-6(16(11,14)15)3-4-9(8)12-10(7)13/h3-5,7H,2H2,1H3,(H,12,13)(H2,11,14,15)/t7-/m0/s1. The second kappa shape index (κ2) is 3.57. The highest BCUT2D eigenvalue weighted by molar-refractivity contribution is 7.89. The Kier molecular flexibility index (Phi) is 2.47. The summed E-state index contributed by atoms with van der Waals surface area (Å²) in [7, 11) is -3.71. The van der Waals surface area contributed by atoms with Gasteiger partial charge in [-0.3, -0.25) is 4.79 Å². The van der Waals surface area contributed by atoms with Gasteiger partial charge in [0.25, 0.3) is 0 Å². The molecular formula is C10H12N2O3S. The number of sulfonamides is 1. The van der Waals surface area contributed by atoms with Gasteiger partial charge in [-0.1, -0.05) is 6.92 Å². The van der Waals surface area contributed by atoms with Crippen molar-refractivity contribution < 1.29 is 13.2 Å². The fraction of sp³-hybridized carbons (Fsp3) is 0.300. The summed E-state index contributed by atoms with van der Waals surface area (Å²) in [6.45, 7) is 1.88. The van der Waals surface area contributed by atoms with Gasteiger partial charge in [-0.25, -0.2) is 13.6 Å². The Labute approximate surface area is 93.7 Å². The summed E-state index contributed by atoms with van der Waals surface area (Å²) in [4.78, 5) is 11.6. The summed E-state index contributed by atoms with van der Waals surface area (Å²) >= 11 is 0. The zero-order valence-electron chi connectivity index (χ0n) is 8.73. The van der Waals surface area contributed by atoms with Crippen LogP contribution in [0, 0.1) is 0 Å². The number of carbonyl (C=O) groups is 1. The molecule has 2 rings (SSSR count). The molecule has 0 aliphatic carbocycles. The lowest BCUT2D eigenvalue weighted by molar-refractivity contribution is -0.117. The third kappa shape index (κ3) is 1.70. The Hall–Kier alpha value is -1.40. The van der Waals surface area contributed by atoms with Gasteiger partial charge < -0.3 is 5.32 Å². The largest absolute Gasteiger partial charge is 0.325 e. The van der Waals surface area contributed by atoms with Crippen LogP contribution in [0.3, 0.4) is 0 Å². The van der Waals surface area contributed by atoms with Crippen molar-refractivity contribution in [3.8, 4) is 0 Å². The monoisotopic (exact) mass is 240 g/mol. The highest BCUT2D eigenvalue weighted by Gasteiger charge is 2.29. The fourth-order valence-electron chi connectivity index (χ4n) is 1.89. The smallest absolute Gasteiger partial charge is 0.238 e. The summed E-state index contributed by atoms with van der Waals surface area (Å²) in [5.41, 5.74) is 1.38. The molecule has 0 radical (unpaired) electrons. The summed E-state index contributed by atoms with van der Waals surface area (Å²) in [5.74, 6) is -0.374. The van der Waals surface area contributed by atoms with E-state index in [9.17, 15) is 13.2 Å². The van der Waals surface area contributed by atoms with Crippen molar-refractivity contribution in [3.63, 3.8) is 0 Å². The minimum absolute atomic E-state index is 0.0428. The number of benzene rings is 1. The molecule has 5 nitrogen and oxygen atoms in total. The summed E-state index contributed by atoms with van der Waals surface area (Å²) < 4.78 is 22.4. The van der Waals surface area contributed by atoms with Crippen LogP contribution in [-0.4, -0.2) is 14.3 Å². The Bertz CT molecular complexity index is 551. The van der Waals surface area contributed by atoms with Gasteiger partial charge in [-0.15, -0.1) is 0 Å². The predicted molar refractivity (Wildman–Crippen MR) is 59.5 cm³/mol. The van der Waals surface area contributed by atoms with Crippen LogP contribution in [0.15, 0.2) is 23.1 Å². The molecule has 1 aromatic rings. The molecule has 0 saturated heterocycles. The lowest BCUT2D eigenvalue weighted by Gasteiger charge is -2.06. The lowest BCUT2D eigenvalue weighted by atomic mass is 9.98. The topological polar surface area (TPSA) is 89.3 Å². The molecule has 1 heterocycles. The number of fused-ring (bicyclic) bond motifs is 1. The lowest BCUT2D eigenvalue weighted by Crippen LogP contribution is -2.12. The zero-order valence-corrected chi connectivity index (χ0v) is 9.54. The van der Waals surface area contributed by atoms with E-state index in [0.29, 0.717) is 17.7 Å². The number of hydrogen-bond acceptors (Lipinski definition) is 3. The van der Waals surface area contributed by atoms with Gasteiger partial charge in [-0.05, 0) is 30.2 Å². The molecule has 1 aliphatic rings. The van der Waals surface area contributed by atoms with Gasteiger partial charge in [0.05, 0.1) is 10.8 Å². The Morgan fingerprint density at radius 1 is 1.44 bits per heavy atom. The normalized spacial score (nSPS) is 19.4. The number of nitrogens with two attached hydrogens (primary N) is 1. The van der Waals surface area contributed by atoms with Gasteiger partial charge >= 0.3 is 0 Å². The quantitative estimate of drug-likeness (QED) is 0.800. The number of nitrogens with one attached hydrogen (secondary N) is 1. The second-order valence-electron chi connectivity index (χ2n) is 3.74. The van der Waals surface area contributed by atoms with E-state index in [0.717, 1.165) is 0 Å². The van der Waals surface area contributed by atoms with Crippen LogP contribution in [0.2, 0.25) is 0 Å². The summed E-state index contributed by atoms with van der Waals surface area (Å²) in [5, 5.41) is 7.74. The van der Waals surface area contributed by atoms with Crippen LogP contribution in [0.25, 0.3) is 0 Å². The van der Waals surface area contributed by atoms with Crippen molar-refractivity contribution in [1.82, 2.24) is 0 Å². The minimum atomic E-state index is -3.71. The van der Waals surface area contributed by atoms with Gasteiger partial charge in [-0.2, -0.15) is 0 Å². The third-order valence-electron chi connectivity index (χ3n) is 2.71. The molecule has 0 spiro atoms. The Morgan fingerprint density at radius 3 is 2.69 bits per heavy atom. The molecule has 0 saturated carbocycles. The first-order chi connectivity index (χ1) is 7.43. The van der Waals surface area contributed by atoms with Gasteiger partial charge in [0.1, 0.15) is 0 Å². The highest BCUT2D eigenvalue weighted by Crippen LogP contribution is 2.35. The molecule has 1 aromatic carbocycles. The van der Waals surface area contributed by atoms with Crippen molar-refractivity contribution in [2.45, 2.75) is 24.2 Å². The van der Waals surface area contributed by atoms with E-state index in [1.54, 1.807) is 6.07 Å². The molecule has 1 amide bonds. The van der Waals surface area contributed by atoms with Crippen molar-refractivity contribution in [2.75, 3.05) is 5.32 Å². The fourth-order valence-corrected chi connectivity index (χ4v) is 2.44. The van der Waals surface area contributed by atoms with Gasteiger partial charge in [0, 0.05) is 5.69 Å². The van der Waals surface area contributed by atoms with E-state index < -0.39 is 10.0 Å². The van der Waals surface area contributed by atoms with E-state index in [4.69, 9.17) is 5.14 Å². The van der Waals surface area contributed by atoms with Gasteiger partial charge in [0.2, 0.25) is 15.9 Å². The average molecular weight is 240 g/mol. The molecule has 86 valence electrons. The molecule has 1 atom stereocenters. The van der Waals surface area contributed by atoms with E-state index >= 15 is 0 Å². The molecule has 0 aromatic heterocycles. The number of rotatable bonds is 2. The second-order valence-corrected chi connectivity index (χ2v) is 5.31. The summed E-state index contributed by atoms with van der Waals surface area (Å²) in [6, 6.07) is 4.44. The summed E-state index contributed by atoms with van der Waals surface area (Å²) in [6.07, 6.45) is 0.632. The van der Waals surface area contributed by atoms with Crippen molar-refractivity contribution in [2.24, 2.45) is 5.14 Å². The molecule has 1 aliphatic heterocycles. The first kappa shape index (κ1) is 11.1. The first-order valence-corrected chi connectivity index (χ1v) is 6.45. The van der Waals surface area contributed by atoms with Crippen LogP contribution < -0.4 is 10.5 Å². The highest BCUT2D eigenvalue weighted by atomic mass is 32.2. The number of primary sulfonamides is 1. The van der Waals surface area contributed by atoms with E-state index in [-0.39, 0.29) is 16.7 Å². The SMILES string of the molecule is CC[C@@H]1C(=O)Nc2ccc(S(N)(=O)=O)cc21. The van der Waals surface area contributed by atoms with Crippen LogP contribution >= 0.6 is 0 Å². The first-order valence-electron chi connectivity index (χ1n) is 4.91. The third-order valence-corrected chi connectivity index (χ3v) is 3.62. The average Bonchev–Trinajstić information content (AvgIpc) is 2.50. The number of amides is 1. The maximum Gasteiger partial charge on any atom is 0.238 e. The molecule has 0 bridgehead atoms. The molecule has 6 heteroatoms. The van der Waals surface area contributed by atoms with E-state index in [1.165, 1.54) is 12.1 Å². The maximum absolute atomic E-state index is 11.5. The molecule has 0 unspecified atom stereocenters. The number of anilines is 1. The number of hydrogen-bond donors (Lipinski definition) is 2. The van der Waals surface area contributed by atoms with Crippen molar-refractivity contribution in [3.05, 3.63) is 23.8 Å². The minimum Gasteiger partial charge on any atom is -0.325 e. The molecular weight excluding hydrogens is 228 g/mol. The van der Waals surface area contributed by atoms with Crippen LogP contribution in [-0.2, 0) is 14.8 Å². The van der Waals surface area contributed by atoms with Gasteiger partial charge in [0.15, 0.2) is 0 Å². The Morgan fingerprint density at radius 2 is 2.12 bits per heavy atom.